The van der Waals surface area contributed by atoms with Gasteiger partial charge in [0.25, 0.3) is 0 Å². The van der Waals surface area contributed by atoms with Crippen LogP contribution in [0.15, 0.2) is 0 Å². The minimum absolute atomic E-state index is 0.120. The van der Waals surface area contributed by atoms with Crippen molar-refractivity contribution in [3.63, 3.8) is 0 Å². The average Bonchev–Trinajstić information content (AvgIpc) is 1.61. The van der Waals surface area contributed by atoms with Gasteiger partial charge in [0.05, 0.1) is 0 Å². The van der Waals surface area contributed by atoms with Crippen LogP contribution in [0.5, 0.6) is 0 Å². The lowest BCUT2D eigenvalue weighted by atomic mass is 10.9. The Bertz CT molecular complexity index is 81.4. The van der Waals surface area contributed by atoms with Gasteiger partial charge in [0.2, 0.25) is 0 Å². The van der Waals surface area contributed by atoms with Gasteiger partial charge < -0.3 is 9.84 Å². The van der Waals surface area contributed by atoms with Crippen molar-refractivity contribution in [3.05, 3.63) is 0 Å². The molecule has 0 aliphatic rings. The fourth-order valence-electron chi connectivity index (χ4n) is 0.184. The van der Waals surface area contributed by atoms with E-state index >= 15 is 0 Å². The van der Waals surface area contributed by atoms with Crippen LogP contribution in [0.4, 0.5) is 4.79 Å². The van der Waals surface area contributed by atoms with Crippen molar-refractivity contribution in [1.29, 1.82) is 0 Å². The van der Waals surface area contributed by atoms with Gasteiger partial charge in [0, 0.05) is 0 Å². The molecule has 0 spiro atoms. The van der Waals surface area contributed by atoms with Gasteiger partial charge in [-0.25, -0.2) is 4.79 Å². The smallest absolute Gasteiger partial charge is 0.450 e. The first-order valence-corrected chi connectivity index (χ1v) is 2.13. The molecule has 0 aliphatic carbocycles. The predicted molar refractivity (Wildman–Crippen MR) is 27.7 cm³/mol. The van der Waals surface area contributed by atoms with Crippen molar-refractivity contribution in [2.75, 3.05) is 20.8 Å². The van der Waals surface area contributed by atoms with E-state index in [0.717, 1.165) is 0 Å². The van der Waals surface area contributed by atoms with Gasteiger partial charge in [-0.3, -0.25) is 4.90 Å². The summed E-state index contributed by atoms with van der Waals surface area (Å²) in [7, 11) is 3.45. The molecule has 0 amide bonds. The van der Waals surface area contributed by atoms with Gasteiger partial charge >= 0.3 is 6.16 Å². The lowest BCUT2D eigenvalue weighted by Crippen LogP contribution is -2.18. The second-order valence-corrected chi connectivity index (χ2v) is 1.62. The molecule has 4 nitrogen and oxygen atoms in total. The summed E-state index contributed by atoms with van der Waals surface area (Å²) in [6.07, 6.45) is -1.24. The van der Waals surface area contributed by atoms with Crippen molar-refractivity contribution in [2.24, 2.45) is 0 Å². The second-order valence-electron chi connectivity index (χ2n) is 1.62. The summed E-state index contributed by atoms with van der Waals surface area (Å²) in [5, 5.41) is 7.91. The molecule has 0 aromatic carbocycles. The number of carbonyl (C=O) groups is 1. The number of nitrogens with zero attached hydrogens (tertiary/aromatic N) is 1. The first-order valence-electron chi connectivity index (χ1n) is 2.13. The molecule has 0 aromatic heterocycles. The van der Waals surface area contributed by atoms with Gasteiger partial charge in [-0.2, -0.15) is 0 Å². The van der Waals surface area contributed by atoms with Crippen LogP contribution >= 0.6 is 0 Å². The zero-order valence-corrected chi connectivity index (χ0v) is 4.92. The molecule has 0 rings (SSSR count). The summed E-state index contributed by atoms with van der Waals surface area (Å²) in [4.78, 5) is 11.3. The monoisotopic (exact) mass is 119 g/mol. The number of ether oxygens (including phenoxy) is 1. The number of hydrogen-bond donors (Lipinski definition) is 1. The average molecular weight is 119 g/mol. The molecule has 0 radical (unpaired) electrons. The molecule has 0 saturated carbocycles. The predicted octanol–water partition coefficient (Wildman–Crippen LogP) is 0.200. The third kappa shape index (κ3) is 5.23. The lowest BCUT2D eigenvalue weighted by molar-refractivity contribution is 0.0534. The van der Waals surface area contributed by atoms with E-state index in [0.29, 0.717) is 0 Å². The Balaban J connectivity index is 3.05. The normalized spacial score (nSPS) is 9.38. The van der Waals surface area contributed by atoms with E-state index in [2.05, 4.69) is 4.74 Å². The summed E-state index contributed by atoms with van der Waals surface area (Å²) in [6, 6.07) is 0. The van der Waals surface area contributed by atoms with Crippen LogP contribution in [0.25, 0.3) is 0 Å². The Kier molecular flexibility index (Phi) is 2.95. The van der Waals surface area contributed by atoms with Crippen molar-refractivity contribution >= 4 is 6.16 Å². The lowest BCUT2D eigenvalue weighted by Gasteiger charge is -2.06. The minimum atomic E-state index is -1.24. The van der Waals surface area contributed by atoms with E-state index in [9.17, 15) is 4.79 Å². The van der Waals surface area contributed by atoms with Crippen molar-refractivity contribution in [1.82, 2.24) is 4.90 Å². The highest BCUT2D eigenvalue weighted by atomic mass is 16.7. The molecule has 0 atom stereocenters. The zero-order chi connectivity index (χ0) is 6.57. The van der Waals surface area contributed by atoms with Gasteiger partial charge in [0.15, 0.2) is 0 Å². The molecule has 0 saturated heterocycles. The largest absolute Gasteiger partial charge is 0.507 e. The fourth-order valence-corrected chi connectivity index (χ4v) is 0.184. The number of rotatable bonds is 2. The van der Waals surface area contributed by atoms with Crippen LogP contribution < -0.4 is 0 Å². The molecule has 4 heteroatoms. The van der Waals surface area contributed by atoms with Gasteiger partial charge in [-0.15, -0.1) is 0 Å². The highest BCUT2D eigenvalue weighted by Gasteiger charge is 1.94. The third-order valence-electron chi connectivity index (χ3n) is 0.446. The molecule has 0 heterocycles. The Hall–Kier alpha value is -0.770. The Morgan fingerprint density at radius 1 is 1.75 bits per heavy atom. The summed E-state index contributed by atoms with van der Waals surface area (Å²) in [6.45, 7) is 0.120. The Labute approximate surface area is 47.7 Å². The minimum Gasteiger partial charge on any atom is -0.450 e. The molecule has 1 N–H and O–H groups in total. The Morgan fingerprint density at radius 3 is 2.38 bits per heavy atom. The summed E-state index contributed by atoms with van der Waals surface area (Å²) in [5.41, 5.74) is 0. The van der Waals surface area contributed by atoms with E-state index in [4.69, 9.17) is 5.11 Å². The van der Waals surface area contributed by atoms with Gasteiger partial charge in [-0.05, 0) is 14.1 Å². The highest BCUT2D eigenvalue weighted by Crippen LogP contribution is 1.77. The molecule has 0 unspecified atom stereocenters. The van der Waals surface area contributed by atoms with E-state index < -0.39 is 6.16 Å². The number of hydrogen-bond acceptors (Lipinski definition) is 3. The van der Waals surface area contributed by atoms with Gasteiger partial charge in [0.1, 0.15) is 6.73 Å². The van der Waals surface area contributed by atoms with Crippen molar-refractivity contribution in [2.45, 2.75) is 0 Å². The first kappa shape index (κ1) is 7.23. The van der Waals surface area contributed by atoms with Crippen LogP contribution in [0.2, 0.25) is 0 Å². The molecular weight excluding hydrogens is 110 g/mol. The van der Waals surface area contributed by atoms with Crippen LogP contribution in [-0.4, -0.2) is 37.0 Å². The van der Waals surface area contributed by atoms with E-state index in [-0.39, 0.29) is 6.73 Å². The Morgan fingerprint density at radius 2 is 2.25 bits per heavy atom. The van der Waals surface area contributed by atoms with E-state index in [1.165, 1.54) is 0 Å². The molecule has 8 heavy (non-hydrogen) atoms. The topological polar surface area (TPSA) is 49.8 Å². The van der Waals surface area contributed by atoms with Gasteiger partial charge in [-0.1, -0.05) is 0 Å². The van der Waals surface area contributed by atoms with Crippen LogP contribution in [-0.2, 0) is 4.74 Å². The second kappa shape index (κ2) is 3.26. The maximum atomic E-state index is 9.65. The summed E-state index contributed by atoms with van der Waals surface area (Å²) < 4.78 is 4.15. The van der Waals surface area contributed by atoms with Crippen LogP contribution in [0.1, 0.15) is 0 Å². The third-order valence-corrected chi connectivity index (χ3v) is 0.446. The van der Waals surface area contributed by atoms with Crippen LogP contribution in [0, 0.1) is 0 Å². The first-order chi connectivity index (χ1) is 3.63. The molecular formula is C4H9NO3. The molecule has 0 bridgehead atoms. The van der Waals surface area contributed by atoms with E-state index in [1.807, 2.05) is 0 Å². The molecule has 0 fully saturated rings. The molecule has 48 valence electrons. The summed E-state index contributed by atoms with van der Waals surface area (Å²) >= 11 is 0. The van der Waals surface area contributed by atoms with Crippen LogP contribution in [0.3, 0.4) is 0 Å². The zero-order valence-electron chi connectivity index (χ0n) is 4.92. The molecule has 0 aromatic rings. The standard InChI is InChI=1S/C4H9NO3/c1-5(2)3-8-4(6)7/h3H2,1-2H3,(H,6,7). The van der Waals surface area contributed by atoms with E-state index in [1.54, 1.807) is 19.0 Å². The molecule has 0 aliphatic heterocycles. The fraction of sp³-hybridized carbons (Fsp3) is 0.750. The quantitative estimate of drug-likeness (QED) is 0.416. The van der Waals surface area contributed by atoms with Crippen molar-refractivity contribution < 1.29 is 14.6 Å². The maximum absolute atomic E-state index is 9.65. The highest BCUT2D eigenvalue weighted by molar-refractivity contribution is 5.56. The SMILES string of the molecule is CN(C)COC(=O)O. The maximum Gasteiger partial charge on any atom is 0.507 e. The number of carboxylic acid groups (broad SMARTS) is 1. The summed E-state index contributed by atoms with van der Waals surface area (Å²) in [5.74, 6) is 0. The van der Waals surface area contributed by atoms with Crippen molar-refractivity contribution in [3.8, 4) is 0 Å².